The Balaban J connectivity index is 2.42. The topological polar surface area (TPSA) is 54.9 Å². The summed E-state index contributed by atoms with van der Waals surface area (Å²) in [4.78, 5) is 4.09. The Morgan fingerprint density at radius 1 is 1.30 bits per heavy atom. The molecule has 0 aromatic heterocycles. The number of rotatable bonds is 7. The average Bonchev–Trinajstić information content (AvgIpc) is 2.46. The summed E-state index contributed by atoms with van der Waals surface area (Å²) in [5.74, 6) is 0.558. The van der Waals surface area contributed by atoms with Crippen molar-refractivity contribution in [2.45, 2.75) is 13.0 Å². The summed E-state index contributed by atoms with van der Waals surface area (Å²) < 4.78 is 23.4. The van der Waals surface area contributed by atoms with Crippen LogP contribution in [0.25, 0.3) is 0 Å². The molecular formula is C14H22FN3O2. The smallest absolute Gasteiger partial charge is 0.191 e. The highest BCUT2D eigenvalue weighted by Crippen LogP contribution is 2.17. The standard InChI is InChI=1S/C14H22FN3O2/c1-16-14(17-7-4-8-19-2)18-10-11-5-6-13(20-3)12(15)9-11/h5-6,9H,4,7-8,10H2,1-3H3,(H2,16,17,18). The Kier molecular flexibility index (Phi) is 7.42. The van der Waals surface area contributed by atoms with E-state index in [2.05, 4.69) is 15.6 Å². The van der Waals surface area contributed by atoms with Gasteiger partial charge in [-0.3, -0.25) is 4.99 Å². The van der Waals surface area contributed by atoms with Crippen molar-refractivity contribution in [1.29, 1.82) is 0 Å². The van der Waals surface area contributed by atoms with Gasteiger partial charge in [0, 0.05) is 33.9 Å². The molecule has 5 nitrogen and oxygen atoms in total. The number of hydrogen-bond acceptors (Lipinski definition) is 3. The molecule has 0 radical (unpaired) electrons. The van der Waals surface area contributed by atoms with Gasteiger partial charge in [0.15, 0.2) is 17.5 Å². The fourth-order valence-electron chi connectivity index (χ4n) is 1.65. The van der Waals surface area contributed by atoms with Gasteiger partial charge in [0.05, 0.1) is 7.11 Å². The zero-order valence-electron chi connectivity index (χ0n) is 12.2. The van der Waals surface area contributed by atoms with Crippen LogP contribution in [-0.4, -0.2) is 40.4 Å². The molecule has 0 unspecified atom stereocenters. The van der Waals surface area contributed by atoms with Crippen molar-refractivity contribution in [1.82, 2.24) is 10.6 Å². The van der Waals surface area contributed by atoms with E-state index >= 15 is 0 Å². The second-order valence-corrected chi connectivity index (χ2v) is 4.17. The summed E-state index contributed by atoms with van der Waals surface area (Å²) in [5, 5.41) is 6.27. The lowest BCUT2D eigenvalue weighted by Gasteiger charge is -2.12. The summed E-state index contributed by atoms with van der Waals surface area (Å²) in [5.41, 5.74) is 0.822. The van der Waals surface area contributed by atoms with E-state index < -0.39 is 0 Å². The molecule has 0 aliphatic carbocycles. The van der Waals surface area contributed by atoms with Crippen LogP contribution >= 0.6 is 0 Å². The van der Waals surface area contributed by atoms with E-state index in [1.807, 2.05) is 6.07 Å². The molecule has 1 rings (SSSR count). The molecule has 0 saturated carbocycles. The third-order valence-electron chi connectivity index (χ3n) is 2.72. The van der Waals surface area contributed by atoms with E-state index in [-0.39, 0.29) is 11.6 Å². The highest BCUT2D eigenvalue weighted by Gasteiger charge is 2.04. The number of nitrogens with one attached hydrogen (secondary N) is 2. The van der Waals surface area contributed by atoms with E-state index in [4.69, 9.17) is 9.47 Å². The molecule has 0 aliphatic heterocycles. The quantitative estimate of drug-likeness (QED) is 0.453. The molecule has 0 aliphatic rings. The number of halogens is 1. The zero-order chi connectivity index (χ0) is 14.8. The molecule has 2 N–H and O–H groups in total. The van der Waals surface area contributed by atoms with E-state index in [1.54, 1.807) is 20.2 Å². The number of benzene rings is 1. The summed E-state index contributed by atoms with van der Waals surface area (Å²) in [7, 11) is 4.81. The molecular weight excluding hydrogens is 261 g/mol. The predicted octanol–water partition coefficient (Wildman–Crippen LogP) is 1.54. The van der Waals surface area contributed by atoms with Crippen LogP contribution in [0.3, 0.4) is 0 Å². The predicted molar refractivity (Wildman–Crippen MR) is 77.6 cm³/mol. The number of hydrogen-bond donors (Lipinski definition) is 2. The van der Waals surface area contributed by atoms with Crippen molar-refractivity contribution in [2.24, 2.45) is 4.99 Å². The molecule has 0 bridgehead atoms. The van der Waals surface area contributed by atoms with Gasteiger partial charge in [-0.05, 0) is 24.1 Å². The third-order valence-corrected chi connectivity index (χ3v) is 2.72. The second-order valence-electron chi connectivity index (χ2n) is 4.17. The van der Waals surface area contributed by atoms with Gasteiger partial charge >= 0.3 is 0 Å². The van der Waals surface area contributed by atoms with Gasteiger partial charge < -0.3 is 20.1 Å². The summed E-state index contributed by atoms with van der Waals surface area (Å²) in [6.45, 7) is 1.96. The van der Waals surface area contributed by atoms with E-state index in [1.165, 1.54) is 13.2 Å². The van der Waals surface area contributed by atoms with E-state index in [0.717, 1.165) is 18.5 Å². The van der Waals surface area contributed by atoms with Gasteiger partial charge in [0.1, 0.15) is 0 Å². The first kappa shape index (κ1) is 16.2. The Morgan fingerprint density at radius 2 is 2.10 bits per heavy atom. The van der Waals surface area contributed by atoms with Crippen LogP contribution in [0.1, 0.15) is 12.0 Å². The second kappa shape index (κ2) is 9.14. The molecule has 20 heavy (non-hydrogen) atoms. The maximum Gasteiger partial charge on any atom is 0.191 e. The monoisotopic (exact) mass is 283 g/mol. The largest absolute Gasteiger partial charge is 0.494 e. The van der Waals surface area contributed by atoms with Crippen LogP contribution in [-0.2, 0) is 11.3 Å². The highest BCUT2D eigenvalue weighted by atomic mass is 19.1. The minimum Gasteiger partial charge on any atom is -0.494 e. The van der Waals surface area contributed by atoms with Crippen molar-refractivity contribution >= 4 is 5.96 Å². The van der Waals surface area contributed by atoms with Crippen LogP contribution in [0.15, 0.2) is 23.2 Å². The van der Waals surface area contributed by atoms with Gasteiger partial charge in [-0.15, -0.1) is 0 Å². The van der Waals surface area contributed by atoms with Crippen molar-refractivity contribution in [3.63, 3.8) is 0 Å². The van der Waals surface area contributed by atoms with Crippen LogP contribution in [0.4, 0.5) is 4.39 Å². The minimum absolute atomic E-state index is 0.246. The van der Waals surface area contributed by atoms with Crippen molar-refractivity contribution in [3.8, 4) is 5.75 Å². The van der Waals surface area contributed by atoms with Crippen molar-refractivity contribution in [3.05, 3.63) is 29.6 Å². The van der Waals surface area contributed by atoms with Crippen LogP contribution in [0, 0.1) is 5.82 Å². The number of ether oxygens (including phenoxy) is 2. The maximum absolute atomic E-state index is 13.5. The van der Waals surface area contributed by atoms with Crippen molar-refractivity contribution < 1.29 is 13.9 Å². The Hall–Kier alpha value is -1.82. The van der Waals surface area contributed by atoms with Gasteiger partial charge in [-0.2, -0.15) is 0 Å². The Morgan fingerprint density at radius 3 is 2.70 bits per heavy atom. The molecule has 0 atom stereocenters. The SMILES string of the molecule is CN=C(NCCCOC)NCc1ccc(OC)c(F)c1. The van der Waals surface area contributed by atoms with Gasteiger partial charge in [-0.25, -0.2) is 4.39 Å². The lowest BCUT2D eigenvalue weighted by molar-refractivity contribution is 0.195. The van der Waals surface area contributed by atoms with Crippen LogP contribution < -0.4 is 15.4 Å². The van der Waals surface area contributed by atoms with Crippen LogP contribution in [0.2, 0.25) is 0 Å². The van der Waals surface area contributed by atoms with Crippen LogP contribution in [0.5, 0.6) is 5.75 Å². The first-order chi connectivity index (χ1) is 9.71. The third kappa shape index (κ3) is 5.44. The number of methoxy groups -OCH3 is 2. The first-order valence-electron chi connectivity index (χ1n) is 6.47. The lowest BCUT2D eigenvalue weighted by Crippen LogP contribution is -2.37. The van der Waals surface area contributed by atoms with E-state index in [9.17, 15) is 4.39 Å². The molecule has 0 fully saturated rings. The highest BCUT2D eigenvalue weighted by molar-refractivity contribution is 5.79. The Bertz CT molecular complexity index is 438. The number of nitrogens with zero attached hydrogens (tertiary/aromatic N) is 1. The summed E-state index contributed by atoms with van der Waals surface area (Å²) in [6.07, 6.45) is 0.897. The summed E-state index contributed by atoms with van der Waals surface area (Å²) in [6, 6.07) is 4.87. The average molecular weight is 283 g/mol. The normalized spacial score (nSPS) is 11.3. The fourth-order valence-corrected chi connectivity index (χ4v) is 1.65. The molecule has 0 amide bonds. The summed E-state index contributed by atoms with van der Waals surface area (Å²) >= 11 is 0. The Labute approximate surface area is 119 Å². The van der Waals surface area contributed by atoms with Gasteiger partial charge in [0.2, 0.25) is 0 Å². The molecule has 0 saturated heterocycles. The molecule has 6 heteroatoms. The fraction of sp³-hybridized carbons (Fsp3) is 0.500. The molecule has 112 valence electrons. The maximum atomic E-state index is 13.5. The first-order valence-corrected chi connectivity index (χ1v) is 6.47. The van der Waals surface area contributed by atoms with Gasteiger partial charge in [0.25, 0.3) is 0 Å². The molecule has 1 aromatic carbocycles. The van der Waals surface area contributed by atoms with Gasteiger partial charge in [-0.1, -0.05) is 6.07 Å². The van der Waals surface area contributed by atoms with Crippen molar-refractivity contribution in [2.75, 3.05) is 34.4 Å². The molecule has 1 aromatic rings. The minimum atomic E-state index is -0.366. The number of guanidine groups is 1. The molecule has 0 heterocycles. The zero-order valence-corrected chi connectivity index (χ0v) is 12.2. The lowest BCUT2D eigenvalue weighted by atomic mass is 10.2. The number of aliphatic imine (C=N–C) groups is 1. The molecule has 0 spiro atoms. The van der Waals surface area contributed by atoms with E-state index in [0.29, 0.717) is 19.1 Å².